The van der Waals surface area contributed by atoms with E-state index in [2.05, 4.69) is 6.92 Å². The predicted octanol–water partition coefficient (Wildman–Crippen LogP) is 5.84. The predicted molar refractivity (Wildman–Crippen MR) is 109 cm³/mol. The van der Waals surface area contributed by atoms with E-state index in [9.17, 15) is 9.90 Å². The van der Waals surface area contributed by atoms with Crippen molar-refractivity contribution in [3.63, 3.8) is 0 Å². The van der Waals surface area contributed by atoms with Crippen molar-refractivity contribution in [1.29, 1.82) is 0 Å². The Morgan fingerprint density at radius 1 is 0.720 bits per heavy atom. The molecule has 1 unspecified atom stereocenters. The van der Waals surface area contributed by atoms with Crippen LogP contribution in [0.1, 0.15) is 110 Å². The fourth-order valence-electron chi connectivity index (χ4n) is 3.55. The van der Waals surface area contributed by atoms with Gasteiger partial charge in [0.2, 0.25) is 5.78 Å². The average molecular weight is 357 g/mol. The maximum atomic E-state index is 12.4. The standard InChI is InChI=1S/C22H46NO2/c1-6-8-9-10-11-12-13-14-15-16-17-18-19-20-21(24)22(25,7-2)23(3,4)5/h25H,6-20H2,1-5H3/q+1. The lowest BCUT2D eigenvalue weighted by atomic mass is 9.96. The Balaban J connectivity index is 3.57. The summed E-state index contributed by atoms with van der Waals surface area (Å²) in [6.07, 6.45) is 18.0. The van der Waals surface area contributed by atoms with Gasteiger partial charge in [-0.05, 0) is 6.42 Å². The Hall–Kier alpha value is -0.410. The van der Waals surface area contributed by atoms with E-state index in [0.29, 0.717) is 17.3 Å². The fraction of sp³-hybridized carbons (Fsp3) is 0.955. The molecule has 0 aromatic carbocycles. The van der Waals surface area contributed by atoms with Gasteiger partial charge in [-0.1, -0.05) is 90.9 Å². The number of likely N-dealkylation sites (N-methyl/N-ethyl adjacent to an activating group) is 1. The molecule has 1 atom stereocenters. The lowest BCUT2D eigenvalue weighted by molar-refractivity contribution is -0.938. The van der Waals surface area contributed by atoms with Gasteiger partial charge in [0.05, 0.1) is 21.1 Å². The van der Waals surface area contributed by atoms with Crippen molar-refractivity contribution >= 4 is 5.78 Å². The zero-order valence-electron chi connectivity index (χ0n) is 17.9. The van der Waals surface area contributed by atoms with Crippen LogP contribution in [0.25, 0.3) is 0 Å². The summed E-state index contributed by atoms with van der Waals surface area (Å²) in [5.41, 5.74) is -1.23. The molecule has 0 heterocycles. The first-order valence-corrected chi connectivity index (χ1v) is 10.9. The molecule has 0 aliphatic rings. The number of ketones is 1. The van der Waals surface area contributed by atoms with Crippen LogP contribution in [0.3, 0.4) is 0 Å². The maximum absolute atomic E-state index is 12.4. The largest absolute Gasteiger partial charge is 0.336 e. The molecule has 0 aliphatic heterocycles. The van der Waals surface area contributed by atoms with E-state index in [1.807, 2.05) is 28.1 Å². The number of hydrogen-bond donors (Lipinski definition) is 1. The summed E-state index contributed by atoms with van der Waals surface area (Å²) in [6.45, 7) is 4.16. The van der Waals surface area contributed by atoms with Crippen LogP contribution in [0.4, 0.5) is 0 Å². The maximum Gasteiger partial charge on any atom is 0.260 e. The minimum Gasteiger partial charge on any atom is -0.336 e. The minimum absolute atomic E-state index is 0.00516. The Morgan fingerprint density at radius 2 is 1.08 bits per heavy atom. The Morgan fingerprint density at radius 3 is 1.40 bits per heavy atom. The second-order valence-electron chi connectivity index (χ2n) is 8.60. The molecule has 0 saturated heterocycles. The first-order valence-electron chi connectivity index (χ1n) is 10.9. The van der Waals surface area contributed by atoms with Crippen LogP contribution in [0.15, 0.2) is 0 Å². The van der Waals surface area contributed by atoms with Gasteiger partial charge in [0.25, 0.3) is 5.72 Å². The number of carbonyl (C=O) groups excluding carboxylic acids is 1. The molecular weight excluding hydrogens is 310 g/mol. The van der Waals surface area contributed by atoms with E-state index in [1.54, 1.807) is 0 Å². The molecule has 0 saturated carbocycles. The number of unbranched alkanes of at least 4 members (excludes halogenated alkanes) is 12. The van der Waals surface area contributed by atoms with Crippen LogP contribution in [0, 0.1) is 0 Å². The molecule has 3 nitrogen and oxygen atoms in total. The van der Waals surface area contributed by atoms with E-state index in [0.717, 1.165) is 12.8 Å². The smallest absolute Gasteiger partial charge is 0.260 e. The normalized spacial score (nSPS) is 14.5. The molecule has 0 radical (unpaired) electrons. The molecule has 0 spiro atoms. The van der Waals surface area contributed by atoms with Crippen molar-refractivity contribution in [1.82, 2.24) is 0 Å². The summed E-state index contributed by atoms with van der Waals surface area (Å²) in [6, 6.07) is 0. The van der Waals surface area contributed by atoms with Crippen molar-refractivity contribution in [3.05, 3.63) is 0 Å². The lowest BCUT2D eigenvalue weighted by Gasteiger charge is -2.40. The van der Waals surface area contributed by atoms with Gasteiger partial charge in [-0.15, -0.1) is 0 Å². The molecule has 0 aliphatic carbocycles. The van der Waals surface area contributed by atoms with Crippen LogP contribution in [-0.4, -0.2) is 42.2 Å². The monoisotopic (exact) mass is 356 g/mol. The van der Waals surface area contributed by atoms with E-state index >= 15 is 0 Å². The van der Waals surface area contributed by atoms with E-state index in [4.69, 9.17) is 0 Å². The summed E-state index contributed by atoms with van der Waals surface area (Å²) in [7, 11) is 5.68. The lowest BCUT2D eigenvalue weighted by Crippen LogP contribution is -2.61. The Kier molecular flexibility index (Phi) is 13.5. The number of aliphatic hydroxyl groups is 1. The van der Waals surface area contributed by atoms with Crippen molar-refractivity contribution in [2.75, 3.05) is 21.1 Å². The highest BCUT2D eigenvalue weighted by Gasteiger charge is 2.45. The van der Waals surface area contributed by atoms with Crippen LogP contribution in [-0.2, 0) is 4.79 Å². The Labute approximate surface area is 157 Å². The third kappa shape index (κ3) is 10.4. The first-order chi connectivity index (χ1) is 11.8. The van der Waals surface area contributed by atoms with E-state index < -0.39 is 5.72 Å². The van der Waals surface area contributed by atoms with Crippen LogP contribution in [0.5, 0.6) is 0 Å². The van der Waals surface area contributed by atoms with Crippen LogP contribution in [0.2, 0.25) is 0 Å². The molecule has 150 valence electrons. The van der Waals surface area contributed by atoms with Crippen LogP contribution >= 0.6 is 0 Å². The third-order valence-electron chi connectivity index (χ3n) is 5.56. The van der Waals surface area contributed by atoms with Crippen molar-refractivity contribution in [3.8, 4) is 0 Å². The van der Waals surface area contributed by atoms with Gasteiger partial charge >= 0.3 is 0 Å². The van der Waals surface area contributed by atoms with Gasteiger partial charge in [0.1, 0.15) is 0 Å². The minimum atomic E-state index is -1.23. The van der Waals surface area contributed by atoms with Gasteiger partial charge in [-0.3, -0.25) is 9.28 Å². The zero-order valence-corrected chi connectivity index (χ0v) is 17.9. The molecule has 0 rings (SSSR count). The van der Waals surface area contributed by atoms with Gasteiger partial charge in [-0.25, -0.2) is 0 Å². The summed E-state index contributed by atoms with van der Waals surface area (Å²) >= 11 is 0. The van der Waals surface area contributed by atoms with Gasteiger partial charge < -0.3 is 5.11 Å². The first kappa shape index (κ1) is 24.6. The topological polar surface area (TPSA) is 37.3 Å². The van der Waals surface area contributed by atoms with Crippen molar-refractivity contribution in [2.45, 2.75) is 116 Å². The molecular formula is C22H46NO2+. The number of carbonyl (C=O) groups is 1. The molecule has 0 aromatic heterocycles. The molecule has 0 bridgehead atoms. The third-order valence-corrected chi connectivity index (χ3v) is 5.56. The average Bonchev–Trinajstić information content (AvgIpc) is 2.56. The van der Waals surface area contributed by atoms with Gasteiger partial charge in [-0.2, -0.15) is 0 Å². The molecule has 0 amide bonds. The summed E-state index contributed by atoms with van der Waals surface area (Å²) in [5, 5.41) is 10.6. The van der Waals surface area contributed by atoms with Gasteiger partial charge in [0, 0.05) is 12.8 Å². The summed E-state index contributed by atoms with van der Waals surface area (Å²) < 4.78 is 0.292. The number of hydrogen-bond acceptors (Lipinski definition) is 2. The van der Waals surface area contributed by atoms with E-state index in [-0.39, 0.29) is 5.78 Å². The highest BCUT2D eigenvalue weighted by molar-refractivity contribution is 5.85. The summed E-state index contributed by atoms with van der Waals surface area (Å²) in [5.74, 6) is 0.00516. The molecule has 0 fully saturated rings. The van der Waals surface area contributed by atoms with Crippen molar-refractivity contribution < 1.29 is 14.4 Å². The molecule has 25 heavy (non-hydrogen) atoms. The number of rotatable bonds is 17. The Bertz CT molecular complexity index is 335. The fourth-order valence-corrected chi connectivity index (χ4v) is 3.55. The highest BCUT2D eigenvalue weighted by atomic mass is 16.3. The van der Waals surface area contributed by atoms with E-state index in [1.165, 1.54) is 70.6 Å². The molecule has 1 N–H and O–H groups in total. The van der Waals surface area contributed by atoms with Crippen LogP contribution < -0.4 is 0 Å². The number of Topliss-reactive ketones (excluding diaryl/α,β-unsaturated/α-hetero) is 1. The number of nitrogens with zero attached hydrogens (tertiary/aromatic N) is 1. The van der Waals surface area contributed by atoms with Crippen molar-refractivity contribution in [2.24, 2.45) is 0 Å². The highest BCUT2D eigenvalue weighted by Crippen LogP contribution is 2.23. The quantitative estimate of drug-likeness (QED) is 0.202. The SMILES string of the molecule is CCCCCCCCCCCCCCCC(=O)C(O)(CC)[N+](C)(C)C. The molecule has 0 aromatic rings. The zero-order chi connectivity index (χ0) is 19.2. The second-order valence-corrected chi connectivity index (χ2v) is 8.60. The van der Waals surface area contributed by atoms with Gasteiger partial charge in [0.15, 0.2) is 0 Å². The number of quaternary nitrogens is 1. The molecule has 3 heteroatoms. The second kappa shape index (κ2) is 13.7. The summed E-state index contributed by atoms with van der Waals surface area (Å²) in [4.78, 5) is 12.4.